The van der Waals surface area contributed by atoms with Crippen LogP contribution in [0.25, 0.3) is 98.8 Å². The zero-order chi connectivity index (χ0) is 41.9. The minimum atomic E-state index is -0.656. The Hall–Kier alpha value is -6.44. The van der Waals surface area contributed by atoms with E-state index < -0.39 is 66.0 Å². The molecule has 0 saturated heterocycles. The van der Waals surface area contributed by atoms with E-state index in [1.165, 1.54) is 0 Å². The van der Waals surface area contributed by atoms with Gasteiger partial charge in [-0.1, -0.05) is 164 Å². The van der Waals surface area contributed by atoms with Crippen LogP contribution in [0.4, 0.5) is 0 Å². The van der Waals surface area contributed by atoms with E-state index in [0.717, 1.165) is 49.2 Å². The van der Waals surface area contributed by atoms with Gasteiger partial charge in [0.05, 0.1) is 15.1 Å². The van der Waals surface area contributed by atoms with Gasteiger partial charge in [0, 0.05) is 10.8 Å². The van der Waals surface area contributed by atoms with Crippen molar-refractivity contribution in [3.8, 4) is 44.5 Å². The van der Waals surface area contributed by atoms with Gasteiger partial charge in [-0.25, -0.2) is 0 Å². The van der Waals surface area contributed by atoms with Gasteiger partial charge in [0.25, 0.3) is 0 Å². The zero-order valence-electron chi connectivity index (χ0n) is 36.9. The zero-order valence-corrected chi connectivity index (χ0v) is 25.9. The number of hydrogen-bond acceptors (Lipinski definition) is 1. The Labute approximate surface area is 299 Å². The summed E-state index contributed by atoms with van der Waals surface area (Å²) >= 11 is 0. The standard InChI is InChI=1S/C48H30O/c1-3-14-31(15-4-1)33-26-29-44-43(30-33)48-37(24-13-25-45(48)49-44)36-27-28-42(35-19-8-7-18-34(35)36)47-40-22-11-9-20-38(40)46(32-16-5-2-6-17-32)39-21-10-12-23-41(39)47/h1-30H/i1D,3D,4D,13D,14D,15D,24D,25D,26D,29D,30D. The van der Waals surface area contributed by atoms with Crippen LogP contribution >= 0.6 is 0 Å². The van der Waals surface area contributed by atoms with Crippen LogP contribution < -0.4 is 0 Å². The lowest BCUT2D eigenvalue weighted by Crippen LogP contribution is -1.92. The largest absolute Gasteiger partial charge is 0.456 e. The summed E-state index contributed by atoms with van der Waals surface area (Å²) in [7, 11) is 0. The third-order valence-electron chi connectivity index (χ3n) is 9.28. The molecule has 1 aromatic heterocycles. The molecule has 9 aromatic carbocycles. The maximum Gasteiger partial charge on any atom is 0.136 e. The van der Waals surface area contributed by atoms with E-state index in [2.05, 4.69) is 36.4 Å². The molecule has 0 amide bonds. The van der Waals surface area contributed by atoms with Gasteiger partial charge in [-0.05, 0) is 95.0 Å². The Morgan fingerprint density at radius 2 is 0.939 bits per heavy atom. The molecular formula is C48H30O. The Morgan fingerprint density at radius 1 is 0.347 bits per heavy atom. The maximum atomic E-state index is 9.53. The van der Waals surface area contributed by atoms with Crippen LogP contribution in [0.1, 0.15) is 15.1 Å². The van der Waals surface area contributed by atoms with Gasteiger partial charge in [-0.2, -0.15) is 0 Å². The van der Waals surface area contributed by atoms with Crippen molar-refractivity contribution in [2.75, 3.05) is 0 Å². The number of rotatable bonds is 4. The molecule has 0 radical (unpaired) electrons. The molecular weight excluding hydrogens is 593 g/mol. The molecule has 0 aliphatic carbocycles. The molecule has 0 N–H and O–H groups in total. The molecule has 0 fully saturated rings. The Balaban J connectivity index is 1.32. The summed E-state index contributed by atoms with van der Waals surface area (Å²) in [4.78, 5) is 0. The van der Waals surface area contributed by atoms with Crippen LogP contribution in [0.2, 0.25) is 0 Å². The van der Waals surface area contributed by atoms with Crippen molar-refractivity contribution in [3.05, 3.63) is 182 Å². The van der Waals surface area contributed by atoms with Gasteiger partial charge in [0.2, 0.25) is 0 Å². The van der Waals surface area contributed by atoms with Crippen molar-refractivity contribution >= 4 is 54.3 Å². The molecule has 1 nitrogen and oxygen atoms in total. The Kier molecular flexibility index (Phi) is 4.25. The van der Waals surface area contributed by atoms with Gasteiger partial charge in [-0.3, -0.25) is 0 Å². The number of benzene rings is 9. The molecule has 0 atom stereocenters. The van der Waals surface area contributed by atoms with Gasteiger partial charge in [0.15, 0.2) is 0 Å². The van der Waals surface area contributed by atoms with Crippen LogP contribution in [0.3, 0.4) is 0 Å². The number of furan rings is 1. The van der Waals surface area contributed by atoms with Crippen molar-refractivity contribution in [2.45, 2.75) is 0 Å². The molecule has 0 bridgehead atoms. The normalized spacial score (nSPS) is 14.8. The third-order valence-corrected chi connectivity index (χ3v) is 9.28. The maximum absolute atomic E-state index is 9.53. The van der Waals surface area contributed by atoms with E-state index in [1.54, 1.807) is 0 Å². The minimum absolute atomic E-state index is 0.0635. The van der Waals surface area contributed by atoms with Crippen molar-refractivity contribution < 1.29 is 19.5 Å². The average Bonchev–Trinajstić information content (AvgIpc) is 3.68. The summed E-state index contributed by atoms with van der Waals surface area (Å²) in [6.07, 6.45) is 0. The topological polar surface area (TPSA) is 13.1 Å². The summed E-state index contributed by atoms with van der Waals surface area (Å²) in [5.74, 6) is 0. The second kappa shape index (κ2) is 11.1. The highest BCUT2D eigenvalue weighted by Crippen LogP contribution is 2.47. The van der Waals surface area contributed by atoms with Gasteiger partial charge in [-0.15, -0.1) is 0 Å². The first kappa shape index (κ1) is 18.8. The van der Waals surface area contributed by atoms with Crippen LogP contribution in [-0.4, -0.2) is 0 Å². The van der Waals surface area contributed by atoms with E-state index in [-0.39, 0.29) is 39.1 Å². The second-order valence-corrected chi connectivity index (χ2v) is 11.9. The summed E-state index contributed by atoms with van der Waals surface area (Å²) in [5.41, 5.74) is 3.62. The first-order valence-electron chi connectivity index (χ1n) is 21.5. The lowest BCUT2D eigenvalue weighted by molar-refractivity contribution is 0.669. The van der Waals surface area contributed by atoms with Crippen LogP contribution in [-0.2, 0) is 0 Å². The molecule has 0 spiro atoms. The van der Waals surface area contributed by atoms with E-state index >= 15 is 0 Å². The summed E-state index contributed by atoms with van der Waals surface area (Å²) in [6.45, 7) is 0. The third kappa shape index (κ3) is 4.33. The van der Waals surface area contributed by atoms with Crippen LogP contribution in [0.5, 0.6) is 0 Å². The molecule has 0 aliphatic heterocycles. The monoisotopic (exact) mass is 633 g/mol. The smallest absolute Gasteiger partial charge is 0.136 e. The first-order chi connectivity index (χ1) is 28.9. The highest BCUT2D eigenvalue weighted by Gasteiger charge is 2.20. The molecule has 10 rings (SSSR count). The van der Waals surface area contributed by atoms with Crippen LogP contribution in [0, 0.1) is 0 Å². The Bertz CT molecular complexity index is 3420. The molecule has 10 aromatic rings. The second-order valence-electron chi connectivity index (χ2n) is 11.9. The van der Waals surface area contributed by atoms with E-state index in [1.807, 2.05) is 78.9 Å². The molecule has 1 heterocycles. The fourth-order valence-electron chi connectivity index (χ4n) is 7.23. The highest BCUT2D eigenvalue weighted by atomic mass is 16.3. The van der Waals surface area contributed by atoms with Gasteiger partial charge >= 0.3 is 0 Å². The quantitative estimate of drug-likeness (QED) is 0.176. The first-order valence-corrected chi connectivity index (χ1v) is 16.0. The fraction of sp³-hybridized carbons (Fsp3) is 0. The summed E-state index contributed by atoms with van der Waals surface area (Å²) in [6, 6.07) is 32.5. The van der Waals surface area contributed by atoms with Crippen molar-refractivity contribution in [2.24, 2.45) is 0 Å². The van der Waals surface area contributed by atoms with E-state index in [4.69, 9.17) is 16.8 Å². The lowest BCUT2D eigenvalue weighted by atomic mass is 9.83. The summed E-state index contributed by atoms with van der Waals surface area (Å²) in [5, 5.41) is 5.80. The van der Waals surface area contributed by atoms with E-state index in [0.29, 0.717) is 10.9 Å². The highest BCUT2D eigenvalue weighted by molar-refractivity contribution is 6.25. The van der Waals surface area contributed by atoms with Gasteiger partial charge < -0.3 is 4.42 Å². The van der Waals surface area contributed by atoms with Crippen molar-refractivity contribution in [3.63, 3.8) is 0 Å². The average molecular weight is 634 g/mol. The molecule has 49 heavy (non-hydrogen) atoms. The predicted octanol–water partition coefficient (Wildman–Crippen LogP) is 13.7. The molecule has 0 aliphatic rings. The molecule has 0 saturated carbocycles. The molecule has 228 valence electrons. The fourth-order valence-corrected chi connectivity index (χ4v) is 7.23. The summed E-state index contributed by atoms with van der Waals surface area (Å²) < 4.78 is 103. The minimum Gasteiger partial charge on any atom is -0.456 e. The molecule has 1 heteroatoms. The SMILES string of the molecule is [2H]c1c([2H])c([2H])c(-c2c([2H])c([2H])c3oc4c([2H])c([2H])c([2H])c(-c5ccc(-c6c7ccccc7c(-c7ccccc7)c7ccccc67)c6ccccc56)c4c3c2[2H])c([2H])c1[2H]. The Morgan fingerprint density at radius 3 is 1.63 bits per heavy atom. The number of fused-ring (bicyclic) bond motifs is 6. The molecule has 0 unspecified atom stereocenters. The lowest BCUT2D eigenvalue weighted by Gasteiger charge is -2.19. The number of hydrogen-bond donors (Lipinski definition) is 0. The predicted molar refractivity (Wildman–Crippen MR) is 208 cm³/mol. The van der Waals surface area contributed by atoms with Crippen molar-refractivity contribution in [1.29, 1.82) is 0 Å². The van der Waals surface area contributed by atoms with E-state index in [9.17, 15) is 2.74 Å². The van der Waals surface area contributed by atoms with Crippen molar-refractivity contribution in [1.82, 2.24) is 0 Å². The van der Waals surface area contributed by atoms with Gasteiger partial charge in [0.1, 0.15) is 11.2 Å². The van der Waals surface area contributed by atoms with Crippen LogP contribution in [0.15, 0.2) is 186 Å².